The number of carbonyl (C=O) groups excluding carboxylic acids is 1. The number of nitrogens with zero attached hydrogens (tertiary/aromatic N) is 1. The summed E-state index contributed by atoms with van der Waals surface area (Å²) in [5, 5.41) is 21.2. The summed E-state index contributed by atoms with van der Waals surface area (Å²) in [7, 11) is -4.37. The summed E-state index contributed by atoms with van der Waals surface area (Å²) in [4.78, 5) is 23.1. The van der Waals surface area contributed by atoms with Gasteiger partial charge in [-0.15, -0.1) is 0 Å². The lowest BCUT2D eigenvalue weighted by Gasteiger charge is -2.25. The lowest BCUT2D eigenvalue weighted by molar-refractivity contribution is -0.386. The van der Waals surface area contributed by atoms with Crippen LogP contribution >= 0.6 is 0 Å². The molecular weight excluding hydrogens is 484 g/mol. The quantitative estimate of drug-likeness (QED) is 0.340. The van der Waals surface area contributed by atoms with Crippen molar-refractivity contribution < 1.29 is 28.0 Å². The smallest absolute Gasteiger partial charge is 0.312 e. The maximum absolute atomic E-state index is 12.8. The molecule has 0 spiro atoms. The van der Waals surface area contributed by atoms with E-state index in [-0.39, 0.29) is 29.9 Å². The fourth-order valence-electron chi connectivity index (χ4n) is 4.13. The zero-order valence-corrected chi connectivity index (χ0v) is 20.2. The molecule has 1 aliphatic carbocycles. The minimum atomic E-state index is -4.37. The van der Waals surface area contributed by atoms with Crippen LogP contribution in [0, 0.1) is 16.0 Å². The highest BCUT2D eigenvalue weighted by molar-refractivity contribution is 7.90. The third-order valence-corrected chi connectivity index (χ3v) is 7.54. The first-order valence-electron chi connectivity index (χ1n) is 11.5. The van der Waals surface area contributed by atoms with Gasteiger partial charge in [0.2, 0.25) is 0 Å². The van der Waals surface area contributed by atoms with Gasteiger partial charge >= 0.3 is 5.69 Å². The van der Waals surface area contributed by atoms with Gasteiger partial charge in [0, 0.05) is 11.6 Å². The molecule has 0 bridgehead atoms. The molecule has 3 aromatic carbocycles. The van der Waals surface area contributed by atoms with Crippen LogP contribution in [-0.2, 0) is 10.0 Å². The summed E-state index contributed by atoms with van der Waals surface area (Å²) in [6.45, 7) is 0.232. The number of aliphatic hydroxyl groups is 1. The molecule has 36 heavy (non-hydrogen) atoms. The summed E-state index contributed by atoms with van der Waals surface area (Å²) >= 11 is 0. The summed E-state index contributed by atoms with van der Waals surface area (Å²) in [5.41, 5.74) is 1.44. The number of ether oxygens (including phenoxy) is 1. The number of benzene rings is 3. The lowest BCUT2D eigenvalue weighted by Crippen LogP contribution is -2.30. The second kappa shape index (κ2) is 10.9. The Kier molecular flexibility index (Phi) is 7.66. The third-order valence-electron chi connectivity index (χ3n) is 6.21. The fourth-order valence-corrected chi connectivity index (χ4v) is 5.13. The molecule has 2 N–H and O–H groups in total. The molecule has 0 radical (unpaired) electrons. The lowest BCUT2D eigenvalue weighted by atomic mass is 9.88. The van der Waals surface area contributed by atoms with Crippen molar-refractivity contribution in [2.75, 3.05) is 6.61 Å². The first-order chi connectivity index (χ1) is 17.2. The van der Waals surface area contributed by atoms with Crippen molar-refractivity contribution in [2.24, 2.45) is 5.92 Å². The molecule has 1 aliphatic rings. The number of aliphatic hydroxyl groups excluding tert-OH is 1. The van der Waals surface area contributed by atoms with Gasteiger partial charge in [-0.3, -0.25) is 14.9 Å². The first kappa shape index (κ1) is 25.3. The topological polar surface area (TPSA) is 136 Å². The van der Waals surface area contributed by atoms with Gasteiger partial charge in [-0.1, -0.05) is 42.5 Å². The molecule has 0 heterocycles. The van der Waals surface area contributed by atoms with Crippen molar-refractivity contribution in [3.8, 4) is 16.9 Å². The van der Waals surface area contributed by atoms with E-state index in [9.17, 15) is 28.4 Å². The second-order valence-electron chi connectivity index (χ2n) is 8.75. The molecule has 0 unspecified atom stereocenters. The standard InChI is InChI=1S/C26H26N2O7S/c29-22-12-6-18(7-13-22)17-35-25-15-14-23(16-24(25)28(31)32)36(33,34)27-26(30)21-10-8-20(9-11-21)19-4-2-1-3-5-19/h1-5,8-11,14-16,18,22,29H,6-7,12-13,17H2,(H,27,30). The predicted molar refractivity (Wildman–Crippen MR) is 133 cm³/mol. The monoisotopic (exact) mass is 510 g/mol. The zero-order chi connectivity index (χ0) is 25.7. The SMILES string of the molecule is O=C(NS(=O)(=O)c1ccc(OCC2CCC(O)CC2)c([N+](=O)[O-])c1)c1ccc(-c2ccccc2)cc1. The van der Waals surface area contributed by atoms with Gasteiger partial charge in [0.05, 0.1) is 22.5 Å². The van der Waals surface area contributed by atoms with Crippen molar-refractivity contribution in [1.82, 2.24) is 4.72 Å². The number of hydrogen-bond donors (Lipinski definition) is 2. The van der Waals surface area contributed by atoms with Crippen LogP contribution in [0.5, 0.6) is 5.75 Å². The van der Waals surface area contributed by atoms with Crippen LogP contribution in [0.4, 0.5) is 5.69 Å². The third kappa shape index (κ3) is 6.07. The van der Waals surface area contributed by atoms with Crippen LogP contribution in [0.3, 0.4) is 0 Å². The minimum Gasteiger partial charge on any atom is -0.487 e. The van der Waals surface area contributed by atoms with Crippen LogP contribution in [-0.4, -0.2) is 37.1 Å². The number of amides is 1. The average molecular weight is 511 g/mol. The van der Waals surface area contributed by atoms with E-state index in [2.05, 4.69) is 0 Å². The molecule has 188 valence electrons. The normalized spacial score (nSPS) is 17.8. The number of nitro groups is 1. The number of nitrogens with one attached hydrogen (secondary N) is 1. The van der Waals surface area contributed by atoms with Crippen molar-refractivity contribution in [1.29, 1.82) is 0 Å². The molecule has 0 saturated heterocycles. The molecule has 1 fully saturated rings. The van der Waals surface area contributed by atoms with Crippen LogP contribution in [0.2, 0.25) is 0 Å². The Labute approximate surface area is 208 Å². The molecule has 0 aromatic heterocycles. The molecule has 1 amide bonds. The Balaban J connectivity index is 1.46. The van der Waals surface area contributed by atoms with Gasteiger partial charge in [0.25, 0.3) is 15.9 Å². The number of sulfonamides is 1. The van der Waals surface area contributed by atoms with Crippen molar-refractivity contribution in [2.45, 2.75) is 36.7 Å². The van der Waals surface area contributed by atoms with Gasteiger partial charge in [-0.2, -0.15) is 0 Å². The fraction of sp³-hybridized carbons (Fsp3) is 0.269. The van der Waals surface area contributed by atoms with Crippen molar-refractivity contribution >= 4 is 21.6 Å². The Morgan fingerprint density at radius 1 is 0.972 bits per heavy atom. The maximum atomic E-state index is 12.8. The predicted octanol–water partition coefficient (Wildman–Crippen LogP) is 4.31. The highest BCUT2D eigenvalue weighted by atomic mass is 32.2. The van der Waals surface area contributed by atoms with Gasteiger partial charge in [-0.25, -0.2) is 13.1 Å². The van der Waals surface area contributed by atoms with E-state index in [0.29, 0.717) is 12.8 Å². The van der Waals surface area contributed by atoms with Gasteiger partial charge in [0.15, 0.2) is 5.75 Å². The molecule has 9 nitrogen and oxygen atoms in total. The van der Waals surface area contributed by atoms with E-state index >= 15 is 0 Å². The van der Waals surface area contributed by atoms with Crippen LogP contribution in [0.15, 0.2) is 77.7 Å². The first-order valence-corrected chi connectivity index (χ1v) is 13.0. The molecular formula is C26H26N2O7S. The maximum Gasteiger partial charge on any atom is 0.312 e. The Bertz CT molecular complexity index is 1330. The average Bonchev–Trinajstić information content (AvgIpc) is 2.88. The van der Waals surface area contributed by atoms with Gasteiger partial charge in [-0.05, 0) is 67.0 Å². The highest BCUT2D eigenvalue weighted by Crippen LogP contribution is 2.32. The van der Waals surface area contributed by atoms with Crippen LogP contribution < -0.4 is 9.46 Å². The Morgan fingerprint density at radius 3 is 2.25 bits per heavy atom. The summed E-state index contributed by atoms with van der Waals surface area (Å²) in [5.74, 6) is -0.742. The van der Waals surface area contributed by atoms with Gasteiger partial charge < -0.3 is 9.84 Å². The summed E-state index contributed by atoms with van der Waals surface area (Å²) < 4.78 is 33.2. The number of rotatable bonds is 8. The van der Waals surface area contributed by atoms with Gasteiger partial charge in [0.1, 0.15) is 0 Å². The van der Waals surface area contributed by atoms with E-state index in [0.717, 1.165) is 30.0 Å². The molecule has 4 rings (SSSR count). The summed E-state index contributed by atoms with van der Waals surface area (Å²) in [6.07, 6.45) is 2.49. The number of hydrogen-bond acceptors (Lipinski definition) is 7. The van der Waals surface area contributed by atoms with E-state index in [4.69, 9.17) is 4.74 Å². The van der Waals surface area contributed by atoms with E-state index in [1.54, 1.807) is 12.1 Å². The van der Waals surface area contributed by atoms with Crippen LogP contribution in [0.25, 0.3) is 11.1 Å². The summed E-state index contributed by atoms with van der Waals surface area (Å²) in [6, 6.07) is 19.2. The largest absolute Gasteiger partial charge is 0.487 e. The molecule has 0 aliphatic heterocycles. The van der Waals surface area contributed by atoms with Crippen LogP contribution in [0.1, 0.15) is 36.0 Å². The van der Waals surface area contributed by atoms with E-state index < -0.39 is 31.4 Å². The highest BCUT2D eigenvalue weighted by Gasteiger charge is 2.26. The molecule has 3 aromatic rings. The Hall–Kier alpha value is -3.76. The van der Waals surface area contributed by atoms with Crippen molar-refractivity contribution in [3.05, 3.63) is 88.5 Å². The minimum absolute atomic E-state index is 0.0482. The van der Waals surface area contributed by atoms with Crippen molar-refractivity contribution in [3.63, 3.8) is 0 Å². The second-order valence-corrected chi connectivity index (χ2v) is 10.4. The van der Waals surface area contributed by atoms with E-state index in [1.165, 1.54) is 24.3 Å². The number of nitro benzene ring substituents is 1. The van der Waals surface area contributed by atoms with E-state index in [1.807, 2.05) is 35.1 Å². The molecule has 1 saturated carbocycles. The Morgan fingerprint density at radius 2 is 1.61 bits per heavy atom. The molecule has 0 atom stereocenters. The molecule has 10 heteroatoms. The zero-order valence-electron chi connectivity index (χ0n) is 19.4. The number of carbonyl (C=O) groups is 1.